The summed E-state index contributed by atoms with van der Waals surface area (Å²) in [7, 11) is 1.65. The van der Waals surface area contributed by atoms with Crippen LogP contribution in [0.4, 0.5) is 17.2 Å². The van der Waals surface area contributed by atoms with Crippen LogP contribution in [0, 0.1) is 0 Å². The van der Waals surface area contributed by atoms with E-state index in [9.17, 15) is 19.5 Å². The van der Waals surface area contributed by atoms with Gasteiger partial charge in [-0.15, -0.1) is 0 Å². The Balaban J connectivity index is 1.16. The van der Waals surface area contributed by atoms with Crippen molar-refractivity contribution >= 4 is 29.0 Å². The Labute approximate surface area is 261 Å². The Bertz CT molecular complexity index is 1840. The van der Waals surface area contributed by atoms with E-state index in [0.717, 1.165) is 25.1 Å². The fraction of sp³-hybridized carbons (Fsp3) is 0.314. The molecule has 0 bridgehead atoms. The second-order valence-electron chi connectivity index (χ2n) is 12.0. The molecule has 3 aliphatic rings. The summed E-state index contributed by atoms with van der Waals surface area (Å²) in [6, 6.07) is 18.7. The number of nitrogens with one attached hydrogen (secondary N) is 2. The Morgan fingerprint density at radius 1 is 1.00 bits per heavy atom. The first-order valence-corrected chi connectivity index (χ1v) is 15.5. The van der Waals surface area contributed by atoms with Gasteiger partial charge in [0, 0.05) is 73.9 Å². The molecular formula is C35H36N6O4. The largest absolute Gasteiger partial charge is 0.392 e. The molecule has 1 saturated heterocycles. The maximum atomic E-state index is 13.7. The van der Waals surface area contributed by atoms with Gasteiger partial charge in [-0.3, -0.25) is 14.4 Å². The molecule has 2 aliphatic heterocycles. The van der Waals surface area contributed by atoms with Crippen LogP contribution in [-0.4, -0.2) is 64.1 Å². The molecule has 0 spiro atoms. The second-order valence-corrected chi connectivity index (χ2v) is 12.0. The van der Waals surface area contributed by atoms with Crippen LogP contribution in [0.1, 0.15) is 56.2 Å². The van der Waals surface area contributed by atoms with Crippen molar-refractivity contribution in [3.8, 4) is 11.3 Å². The number of amides is 2. The smallest absolute Gasteiger partial charge is 0.293 e. The van der Waals surface area contributed by atoms with E-state index in [4.69, 9.17) is 0 Å². The fourth-order valence-electron chi connectivity index (χ4n) is 6.34. The molecule has 0 radical (unpaired) electrons. The Hall–Kier alpha value is -4.80. The number of benzene rings is 3. The van der Waals surface area contributed by atoms with Gasteiger partial charge >= 0.3 is 0 Å². The number of fused-ring (bicyclic) bond motifs is 1. The lowest BCUT2D eigenvalue weighted by Crippen LogP contribution is -2.46. The van der Waals surface area contributed by atoms with Gasteiger partial charge < -0.3 is 30.1 Å². The van der Waals surface area contributed by atoms with Crippen LogP contribution < -0.4 is 21.1 Å². The summed E-state index contributed by atoms with van der Waals surface area (Å²) in [5.41, 5.74) is 6.29. The van der Waals surface area contributed by atoms with Crippen molar-refractivity contribution in [3.63, 3.8) is 0 Å². The Kier molecular flexibility index (Phi) is 7.68. The van der Waals surface area contributed by atoms with Gasteiger partial charge in [-0.25, -0.2) is 4.98 Å². The third kappa shape index (κ3) is 5.63. The highest BCUT2D eigenvalue weighted by molar-refractivity contribution is 6.09. The summed E-state index contributed by atoms with van der Waals surface area (Å²) < 4.78 is 1.44. The first-order chi connectivity index (χ1) is 21.9. The quantitative estimate of drug-likeness (QED) is 0.294. The van der Waals surface area contributed by atoms with E-state index in [2.05, 4.69) is 27.8 Å². The molecule has 2 fully saturated rings. The third-order valence-electron chi connectivity index (χ3n) is 9.00. The summed E-state index contributed by atoms with van der Waals surface area (Å²) >= 11 is 0. The predicted octanol–water partition coefficient (Wildman–Crippen LogP) is 3.81. The van der Waals surface area contributed by atoms with Gasteiger partial charge in [0.25, 0.3) is 17.4 Å². The van der Waals surface area contributed by atoms with Crippen molar-refractivity contribution in [3.05, 3.63) is 105 Å². The number of aliphatic hydroxyl groups is 1. The van der Waals surface area contributed by atoms with Crippen molar-refractivity contribution in [1.29, 1.82) is 0 Å². The summed E-state index contributed by atoms with van der Waals surface area (Å²) in [6.07, 6.45) is 4.80. The molecule has 0 unspecified atom stereocenters. The summed E-state index contributed by atoms with van der Waals surface area (Å²) in [4.78, 5) is 47.9. The van der Waals surface area contributed by atoms with E-state index in [1.54, 1.807) is 42.4 Å². The van der Waals surface area contributed by atoms with Gasteiger partial charge in [0.05, 0.1) is 18.0 Å². The van der Waals surface area contributed by atoms with Crippen LogP contribution in [-0.2, 0) is 20.1 Å². The number of carbonyl (C=O) groups is 2. The highest BCUT2D eigenvalue weighted by Crippen LogP contribution is 2.41. The average molecular weight is 605 g/mol. The minimum absolute atomic E-state index is 0.0193. The zero-order chi connectivity index (χ0) is 31.1. The number of carbonyl (C=O) groups excluding carboxylic acids is 2. The predicted molar refractivity (Wildman–Crippen MR) is 173 cm³/mol. The molecule has 10 nitrogen and oxygen atoms in total. The topological polar surface area (TPSA) is 120 Å². The van der Waals surface area contributed by atoms with Crippen molar-refractivity contribution in [1.82, 2.24) is 19.8 Å². The molecule has 1 saturated carbocycles. The summed E-state index contributed by atoms with van der Waals surface area (Å²) in [5.74, 6) is 0.634. The third-order valence-corrected chi connectivity index (χ3v) is 9.00. The molecule has 3 N–H and O–H groups in total. The Morgan fingerprint density at radius 3 is 2.51 bits per heavy atom. The Morgan fingerprint density at radius 2 is 1.78 bits per heavy atom. The van der Waals surface area contributed by atoms with Crippen LogP contribution in [0.25, 0.3) is 11.3 Å². The minimum Gasteiger partial charge on any atom is -0.392 e. The molecule has 230 valence electrons. The van der Waals surface area contributed by atoms with E-state index in [-0.39, 0.29) is 29.8 Å². The molecule has 10 heteroatoms. The lowest BCUT2D eigenvalue weighted by molar-refractivity contribution is 0.0735. The lowest BCUT2D eigenvalue weighted by Gasteiger charge is -2.31. The second kappa shape index (κ2) is 11.9. The molecule has 4 aromatic rings. The normalized spacial score (nSPS) is 16.4. The molecule has 0 atom stereocenters. The van der Waals surface area contributed by atoms with Gasteiger partial charge in [-0.2, -0.15) is 0 Å². The van der Waals surface area contributed by atoms with Crippen molar-refractivity contribution in [2.45, 2.75) is 31.8 Å². The molecule has 7 rings (SSSR count). The molecule has 2 amide bonds. The maximum absolute atomic E-state index is 13.7. The van der Waals surface area contributed by atoms with Crippen molar-refractivity contribution < 1.29 is 14.7 Å². The van der Waals surface area contributed by atoms with Gasteiger partial charge in [-0.1, -0.05) is 24.3 Å². The number of piperazine rings is 1. The number of hydrogen-bond acceptors (Lipinski definition) is 7. The van der Waals surface area contributed by atoms with E-state index in [1.807, 2.05) is 29.2 Å². The monoisotopic (exact) mass is 604 g/mol. The standard InChI is InChI=1S/C35H36N6O4/c1-39-20-30(38-32(35(39)45)37-26-10-7-23(8-11-26)33(43)40-17-14-36-15-18-40)28-3-2-4-31(29(28)21-42)41-16-13-25-19-24(22-5-6-22)9-12-27(25)34(41)44/h2-4,7-12,19-20,22,36,42H,5-6,13-18,21H2,1H3,(H,37,38). The summed E-state index contributed by atoms with van der Waals surface area (Å²) in [6.45, 7) is 3.10. The number of aliphatic hydroxyl groups excluding tert-OH is 1. The number of rotatable bonds is 7. The van der Waals surface area contributed by atoms with Crippen LogP contribution in [0.5, 0.6) is 0 Å². The highest BCUT2D eigenvalue weighted by Gasteiger charge is 2.30. The van der Waals surface area contributed by atoms with E-state index in [1.165, 1.54) is 23.0 Å². The number of aromatic nitrogens is 2. The SMILES string of the molecule is Cn1cc(-c2cccc(N3CCc4cc(C5CC5)ccc4C3=O)c2CO)nc(Nc2ccc(C(=O)N3CCNCC3)cc2)c1=O. The average Bonchev–Trinajstić information content (AvgIpc) is 3.93. The maximum Gasteiger partial charge on any atom is 0.293 e. The molecule has 3 aromatic carbocycles. The molecule has 1 aromatic heterocycles. The molecule has 45 heavy (non-hydrogen) atoms. The highest BCUT2D eigenvalue weighted by atomic mass is 16.3. The number of nitrogens with zero attached hydrogens (tertiary/aromatic N) is 4. The van der Waals surface area contributed by atoms with Gasteiger partial charge in [0.2, 0.25) is 0 Å². The van der Waals surface area contributed by atoms with Gasteiger partial charge in [0.1, 0.15) is 0 Å². The first-order valence-electron chi connectivity index (χ1n) is 15.5. The fourth-order valence-corrected chi connectivity index (χ4v) is 6.34. The summed E-state index contributed by atoms with van der Waals surface area (Å²) in [5, 5.41) is 16.9. The minimum atomic E-state index is -0.324. The zero-order valence-electron chi connectivity index (χ0n) is 25.3. The molecular weight excluding hydrogens is 568 g/mol. The molecule has 3 heterocycles. The van der Waals surface area contributed by atoms with Crippen molar-refractivity contribution in [2.24, 2.45) is 7.05 Å². The number of hydrogen-bond donors (Lipinski definition) is 3. The number of aryl methyl sites for hydroxylation is 1. The number of anilines is 3. The van der Waals surface area contributed by atoms with Crippen LogP contribution in [0.15, 0.2) is 71.7 Å². The van der Waals surface area contributed by atoms with Crippen LogP contribution in [0.2, 0.25) is 0 Å². The lowest BCUT2D eigenvalue weighted by atomic mass is 9.93. The van der Waals surface area contributed by atoms with Crippen LogP contribution in [0.3, 0.4) is 0 Å². The van der Waals surface area contributed by atoms with E-state index in [0.29, 0.717) is 64.9 Å². The van der Waals surface area contributed by atoms with Crippen molar-refractivity contribution in [2.75, 3.05) is 42.9 Å². The molecule has 1 aliphatic carbocycles. The van der Waals surface area contributed by atoms with Gasteiger partial charge in [-0.05, 0) is 72.7 Å². The van der Waals surface area contributed by atoms with E-state index < -0.39 is 0 Å². The zero-order valence-corrected chi connectivity index (χ0v) is 25.3. The van der Waals surface area contributed by atoms with Gasteiger partial charge in [0.15, 0.2) is 5.82 Å². The first kappa shape index (κ1) is 28.9. The van der Waals surface area contributed by atoms with E-state index >= 15 is 0 Å². The van der Waals surface area contributed by atoms with Crippen LogP contribution >= 0.6 is 0 Å².